The normalized spacial score (nSPS) is 15.5. The predicted molar refractivity (Wildman–Crippen MR) is 212 cm³/mol. The third-order valence-electron chi connectivity index (χ3n) is 9.80. The number of methoxy groups -OCH3 is 1. The zero-order valence-electron chi connectivity index (χ0n) is 31.6. The van der Waals surface area contributed by atoms with E-state index in [1.54, 1.807) is 29.6 Å². The minimum Gasteiger partial charge on any atom is -0.496 e. The van der Waals surface area contributed by atoms with Gasteiger partial charge in [0.1, 0.15) is 5.75 Å². The summed E-state index contributed by atoms with van der Waals surface area (Å²) in [5.41, 5.74) is 4.89. The molecule has 0 saturated carbocycles. The summed E-state index contributed by atoms with van der Waals surface area (Å²) >= 11 is 0. The molecule has 51 heavy (non-hydrogen) atoms. The zero-order chi connectivity index (χ0) is 37.6. The zero-order valence-corrected chi connectivity index (χ0v) is 33.4. The van der Waals surface area contributed by atoms with Crippen LogP contribution in [0.3, 0.4) is 0 Å². The fourth-order valence-corrected chi connectivity index (χ4v) is 8.05. The molecule has 9 nitrogen and oxygen atoms in total. The topological polar surface area (TPSA) is 108 Å². The van der Waals surface area contributed by atoms with Crippen molar-refractivity contribution in [3.63, 3.8) is 0 Å². The molecule has 4 rings (SSSR count). The Morgan fingerprint density at radius 3 is 2.00 bits per heavy atom. The van der Waals surface area contributed by atoms with Gasteiger partial charge in [-0.05, 0) is 76.1 Å². The second kappa shape index (κ2) is 16.3. The summed E-state index contributed by atoms with van der Waals surface area (Å²) in [4.78, 5) is 13.9. The molecule has 276 valence electrons. The molecule has 0 unspecified atom stereocenters. The molecule has 1 aliphatic heterocycles. The highest BCUT2D eigenvalue weighted by Crippen LogP contribution is 2.36. The van der Waals surface area contributed by atoms with Gasteiger partial charge in [-0.2, -0.15) is 4.31 Å². The van der Waals surface area contributed by atoms with Gasteiger partial charge < -0.3 is 14.3 Å². The lowest BCUT2D eigenvalue weighted by molar-refractivity contribution is 0.153. The Balaban J connectivity index is 1.36. The van der Waals surface area contributed by atoms with Crippen LogP contribution in [0, 0.1) is 0 Å². The molecule has 0 aromatic heterocycles. The maximum atomic E-state index is 13.4. The molecule has 1 heterocycles. The second-order valence-corrected chi connectivity index (χ2v) is 22.3. The van der Waals surface area contributed by atoms with Gasteiger partial charge in [-0.15, -0.1) is 0 Å². The van der Waals surface area contributed by atoms with E-state index in [0.29, 0.717) is 49.1 Å². The van der Waals surface area contributed by atoms with Crippen LogP contribution >= 0.6 is 0 Å². The highest BCUT2D eigenvalue weighted by atomic mass is 32.2. The van der Waals surface area contributed by atoms with Gasteiger partial charge >= 0.3 is 6.09 Å². The van der Waals surface area contributed by atoms with E-state index < -0.39 is 24.4 Å². The molecule has 3 aromatic carbocycles. The standard InChI is InChI=1S/C40H55N3O6SSi/c1-39(2,3)35-28-31(16-21-36(35)41-38(44)45)12-17-33-18-13-32(29-37(33)48-7)11-10-30-14-19-34(20-15-30)50(46,47)43-24-22-42(23-25-43)26-27-49-51(8,9)40(4,5)6/h10-21,28-29,41H,22-27H2,1-9H3,(H,44,45). The molecule has 3 aromatic rings. The van der Waals surface area contributed by atoms with Crippen molar-refractivity contribution >= 4 is 54.4 Å². The largest absolute Gasteiger partial charge is 0.496 e. The third-order valence-corrected chi connectivity index (χ3v) is 16.3. The van der Waals surface area contributed by atoms with E-state index in [-0.39, 0.29) is 10.5 Å². The van der Waals surface area contributed by atoms with Gasteiger partial charge in [-0.1, -0.05) is 96.2 Å². The summed E-state index contributed by atoms with van der Waals surface area (Å²) in [6.07, 6.45) is 6.78. The Morgan fingerprint density at radius 2 is 1.41 bits per heavy atom. The van der Waals surface area contributed by atoms with Crippen molar-refractivity contribution in [3.05, 3.63) is 88.5 Å². The molecular weight excluding hydrogens is 679 g/mol. The lowest BCUT2D eigenvalue weighted by Gasteiger charge is -2.38. The maximum Gasteiger partial charge on any atom is 0.409 e. The molecule has 1 saturated heterocycles. The number of nitrogens with one attached hydrogen (secondary N) is 1. The molecule has 1 aliphatic rings. The van der Waals surface area contributed by atoms with Crippen LogP contribution in [0.25, 0.3) is 24.3 Å². The first-order chi connectivity index (χ1) is 23.8. The van der Waals surface area contributed by atoms with Crippen LogP contribution in [-0.4, -0.2) is 83.6 Å². The summed E-state index contributed by atoms with van der Waals surface area (Å²) in [6, 6.07) is 18.6. The summed E-state index contributed by atoms with van der Waals surface area (Å²) < 4.78 is 40.4. The predicted octanol–water partition coefficient (Wildman–Crippen LogP) is 8.75. The number of hydrogen-bond donors (Lipinski definition) is 2. The fourth-order valence-electron chi connectivity index (χ4n) is 5.60. The Hall–Kier alpha value is -3.74. The van der Waals surface area contributed by atoms with E-state index in [0.717, 1.165) is 34.4 Å². The Labute approximate surface area is 306 Å². The highest BCUT2D eigenvalue weighted by Gasteiger charge is 2.37. The lowest BCUT2D eigenvalue weighted by Crippen LogP contribution is -2.50. The summed E-state index contributed by atoms with van der Waals surface area (Å²) in [5.74, 6) is 0.707. The number of carboxylic acid groups (broad SMARTS) is 1. The van der Waals surface area contributed by atoms with Crippen molar-refractivity contribution in [1.29, 1.82) is 0 Å². The van der Waals surface area contributed by atoms with Gasteiger partial charge in [-0.3, -0.25) is 10.2 Å². The first-order valence-corrected chi connectivity index (χ1v) is 21.8. The van der Waals surface area contributed by atoms with E-state index in [9.17, 15) is 18.3 Å². The molecule has 1 fully saturated rings. The summed E-state index contributed by atoms with van der Waals surface area (Å²) in [5, 5.41) is 11.9. The van der Waals surface area contributed by atoms with Crippen LogP contribution in [0.4, 0.5) is 10.5 Å². The summed E-state index contributed by atoms with van der Waals surface area (Å²) in [7, 11) is -3.75. The lowest BCUT2D eigenvalue weighted by atomic mass is 9.84. The highest BCUT2D eigenvalue weighted by molar-refractivity contribution is 7.89. The molecular formula is C40H55N3O6SSi. The van der Waals surface area contributed by atoms with Crippen molar-refractivity contribution in [2.45, 2.75) is 70.0 Å². The van der Waals surface area contributed by atoms with Gasteiger partial charge in [0.25, 0.3) is 0 Å². The van der Waals surface area contributed by atoms with Crippen molar-refractivity contribution < 1.29 is 27.5 Å². The average molecular weight is 734 g/mol. The van der Waals surface area contributed by atoms with Crippen LogP contribution in [0.5, 0.6) is 5.75 Å². The van der Waals surface area contributed by atoms with Crippen LogP contribution in [0.1, 0.15) is 69.4 Å². The van der Waals surface area contributed by atoms with Crippen molar-refractivity contribution in [2.75, 3.05) is 51.8 Å². The van der Waals surface area contributed by atoms with Crippen molar-refractivity contribution in [2.24, 2.45) is 0 Å². The first-order valence-electron chi connectivity index (χ1n) is 17.5. The molecule has 0 spiro atoms. The van der Waals surface area contributed by atoms with Gasteiger partial charge in [0, 0.05) is 50.6 Å². The quantitative estimate of drug-likeness (QED) is 0.142. The maximum absolute atomic E-state index is 13.4. The Morgan fingerprint density at radius 1 is 0.843 bits per heavy atom. The number of ether oxygens (including phenoxy) is 1. The minimum absolute atomic E-state index is 0.169. The number of piperazine rings is 1. The van der Waals surface area contributed by atoms with Gasteiger partial charge in [0.05, 0.1) is 12.0 Å². The number of hydrogen-bond acceptors (Lipinski definition) is 6. The van der Waals surface area contributed by atoms with Crippen LogP contribution in [-0.2, 0) is 19.9 Å². The van der Waals surface area contributed by atoms with Crippen LogP contribution in [0.2, 0.25) is 18.1 Å². The van der Waals surface area contributed by atoms with E-state index >= 15 is 0 Å². The van der Waals surface area contributed by atoms with E-state index in [1.165, 1.54) is 0 Å². The Bertz CT molecular complexity index is 1830. The number of amides is 1. The number of nitrogens with zero attached hydrogens (tertiary/aromatic N) is 2. The Kier molecular flexibility index (Phi) is 12.8. The van der Waals surface area contributed by atoms with Crippen molar-refractivity contribution in [3.8, 4) is 5.75 Å². The molecule has 0 bridgehead atoms. The number of carbonyl (C=O) groups is 1. The third kappa shape index (κ3) is 10.6. The smallest absolute Gasteiger partial charge is 0.409 e. The van der Waals surface area contributed by atoms with Crippen LogP contribution in [0.15, 0.2) is 65.6 Å². The number of rotatable bonds is 12. The number of anilines is 1. The monoisotopic (exact) mass is 733 g/mol. The SMILES string of the molecule is COc1cc(C=Cc2ccc(S(=O)(=O)N3CCN(CCO[Si](C)(C)C(C)(C)C)CC3)cc2)ccc1C=Cc1ccc(NC(=O)O)c(C(C)(C)C)c1. The van der Waals surface area contributed by atoms with Crippen LogP contribution < -0.4 is 10.1 Å². The van der Waals surface area contributed by atoms with E-state index in [1.807, 2.05) is 87.5 Å². The molecule has 2 N–H and O–H groups in total. The average Bonchev–Trinajstić information content (AvgIpc) is 3.06. The van der Waals surface area contributed by atoms with Gasteiger partial charge in [0.2, 0.25) is 10.0 Å². The first kappa shape index (κ1) is 40.0. The molecule has 1 amide bonds. The van der Waals surface area contributed by atoms with Crippen molar-refractivity contribution in [1.82, 2.24) is 9.21 Å². The van der Waals surface area contributed by atoms with Gasteiger partial charge in [-0.25, -0.2) is 13.2 Å². The van der Waals surface area contributed by atoms with Gasteiger partial charge in [0.15, 0.2) is 8.32 Å². The molecule has 0 atom stereocenters. The number of sulfonamides is 1. The molecule has 0 aliphatic carbocycles. The molecule has 0 radical (unpaired) electrons. The van der Waals surface area contributed by atoms with E-state index in [4.69, 9.17) is 9.16 Å². The number of benzene rings is 3. The molecule has 11 heteroatoms. The second-order valence-electron chi connectivity index (χ2n) is 15.6. The summed E-state index contributed by atoms with van der Waals surface area (Å²) in [6.45, 7) is 21.2. The minimum atomic E-state index is -3.58. The van der Waals surface area contributed by atoms with E-state index in [2.05, 4.69) is 44.1 Å². The fraction of sp³-hybridized carbons (Fsp3) is 0.425.